The van der Waals surface area contributed by atoms with Gasteiger partial charge < -0.3 is 26.2 Å². The van der Waals surface area contributed by atoms with Crippen LogP contribution in [0.25, 0.3) is 0 Å². The summed E-state index contributed by atoms with van der Waals surface area (Å²) in [4.78, 5) is 91.7. The smallest absolute Gasteiger partial charge is 0.289 e. The highest BCUT2D eigenvalue weighted by Crippen LogP contribution is 2.65. The molecule has 1 aliphatic heterocycles. The van der Waals surface area contributed by atoms with Gasteiger partial charge >= 0.3 is 0 Å². The molecule has 1 saturated heterocycles. The Morgan fingerprint density at radius 2 is 1.71 bits per heavy atom. The number of carbonyl (C=O) groups excluding carboxylic acids is 6. The van der Waals surface area contributed by atoms with E-state index < -0.39 is 64.9 Å². The van der Waals surface area contributed by atoms with Gasteiger partial charge in [-0.1, -0.05) is 60.8 Å². The lowest BCUT2D eigenvalue weighted by molar-refractivity contribution is -0.147. The Morgan fingerprint density at radius 1 is 1.02 bits per heavy atom. The molecular weight excluding hydrogens is 650 g/mol. The molecule has 13 nitrogen and oxygen atoms in total. The van der Waals surface area contributed by atoms with Crippen LogP contribution in [0, 0.1) is 40.9 Å². The topological polar surface area (TPSA) is 180 Å². The first kappa shape index (κ1) is 39.4. The van der Waals surface area contributed by atoms with E-state index in [-0.39, 0.29) is 47.7 Å². The number of hydrogen-bond donors (Lipinski definition) is 4. The maximum absolute atomic E-state index is 14.6. The molecule has 1 aromatic rings. The number of aromatic nitrogens is 2. The zero-order valence-electron chi connectivity index (χ0n) is 31.1. The van der Waals surface area contributed by atoms with Crippen LogP contribution in [0.1, 0.15) is 110 Å². The predicted octanol–water partition coefficient (Wildman–Crippen LogP) is 2.55. The van der Waals surface area contributed by atoms with E-state index in [0.717, 1.165) is 32.1 Å². The molecule has 13 heteroatoms. The number of terminal acetylenes is 1. The van der Waals surface area contributed by atoms with E-state index >= 15 is 0 Å². The Hall–Kier alpha value is -4.34. The summed E-state index contributed by atoms with van der Waals surface area (Å²) in [6.45, 7) is 13.6. The van der Waals surface area contributed by atoms with Crippen molar-refractivity contribution < 1.29 is 28.8 Å². The number of rotatable bonds is 14. The van der Waals surface area contributed by atoms with E-state index in [9.17, 15) is 28.8 Å². The first-order chi connectivity index (χ1) is 24.0. The summed E-state index contributed by atoms with van der Waals surface area (Å²) in [5.41, 5.74) is -0.928. The molecule has 7 atom stereocenters. The first-order valence-electron chi connectivity index (χ1n) is 18.3. The lowest BCUT2D eigenvalue weighted by atomic mass is 9.82. The summed E-state index contributed by atoms with van der Waals surface area (Å²) >= 11 is 0. The van der Waals surface area contributed by atoms with Crippen LogP contribution >= 0.6 is 0 Å². The Kier molecular flexibility index (Phi) is 12.6. The highest BCUT2D eigenvalue weighted by atomic mass is 16.2. The Labute approximate surface area is 301 Å². The van der Waals surface area contributed by atoms with Crippen molar-refractivity contribution in [3.63, 3.8) is 0 Å². The molecule has 1 aromatic heterocycles. The van der Waals surface area contributed by atoms with Gasteiger partial charge in [-0.3, -0.25) is 33.8 Å². The van der Waals surface area contributed by atoms with Gasteiger partial charge in [-0.05, 0) is 61.2 Å². The van der Waals surface area contributed by atoms with Crippen molar-refractivity contribution in [3.8, 4) is 12.3 Å². The van der Waals surface area contributed by atoms with Gasteiger partial charge in [0.2, 0.25) is 23.5 Å². The van der Waals surface area contributed by atoms with Gasteiger partial charge in [0.25, 0.3) is 11.8 Å². The number of Topliss-reactive ketones (excluding diaryl/α,β-unsaturated/α-hetero) is 1. The van der Waals surface area contributed by atoms with E-state index in [1.165, 1.54) is 23.5 Å². The minimum atomic E-state index is -1.16. The molecule has 5 amide bonds. The SMILES string of the molecule is C#CCCC(NC(=O)[C@@H]1[C@@H]2[C@H](CN1C(=O)[C@@H](NC(=O)[C@@H](NC(=O)c1cnccn1)C1CCCCC1)C(C)(C)C)C2(C)C)C(=O)C(=O)NC(C)CC. The minimum absolute atomic E-state index is 0.0309. The molecule has 2 aliphatic carbocycles. The monoisotopic (exact) mass is 705 g/mol. The van der Waals surface area contributed by atoms with Crippen LogP contribution in [0.3, 0.4) is 0 Å². The molecular formula is C38H55N7O6. The molecule has 2 heterocycles. The van der Waals surface area contributed by atoms with Crippen LogP contribution in [-0.4, -0.2) is 86.9 Å². The van der Waals surface area contributed by atoms with E-state index in [1.54, 1.807) is 6.92 Å². The molecule has 3 aliphatic rings. The zero-order chi connectivity index (χ0) is 37.7. The van der Waals surface area contributed by atoms with Crippen LogP contribution in [0.15, 0.2) is 18.6 Å². The first-order valence-corrected chi connectivity index (χ1v) is 18.3. The fraction of sp³-hybridized carbons (Fsp3) is 0.684. The number of amides is 5. The van der Waals surface area contributed by atoms with E-state index in [2.05, 4.69) is 37.2 Å². The van der Waals surface area contributed by atoms with Crippen molar-refractivity contribution in [3.05, 3.63) is 24.3 Å². The molecule has 4 rings (SSSR count). The zero-order valence-corrected chi connectivity index (χ0v) is 31.1. The quantitative estimate of drug-likeness (QED) is 0.168. The third kappa shape index (κ3) is 9.13. The summed E-state index contributed by atoms with van der Waals surface area (Å²) in [5.74, 6) is -1.39. The molecule has 2 saturated carbocycles. The fourth-order valence-electron chi connectivity index (χ4n) is 7.67. The Balaban J connectivity index is 1.58. The predicted molar refractivity (Wildman–Crippen MR) is 190 cm³/mol. The summed E-state index contributed by atoms with van der Waals surface area (Å²) in [5, 5.41) is 11.3. The molecule has 278 valence electrons. The summed E-state index contributed by atoms with van der Waals surface area (Å²) in [6, 6.07) is -4.28. The molecule has 2 unspecified atom stereocenters. The van der Waals surface area contributed by atoms with Gasteiger partial charge in [-0.25, -0.2) is 4.98 Å². The third-order valence-corrected chi connectivity index (χ3v) is 11.1. The number of ketones is 1. The number of hydrogen-bond acceptors (Lipinski definition) is 8. The van der Waals surface area contributed by atoms with Gasteiger partial charge in [0.15, 0.2) is 0 Å². The van der Waals surface area contributed by atoms with Crippen LogP contribution in [0.5, 0.6) is 0 Å². The average molecular weight is 706 g/mol. The van der Waals surface area contributed by atoms with Crippen molar-refractivity contribution in [1.29, 1.82) is 0 Å². The largest absolute Gasteiger partial charge is 0.347 e. The van der Waals surface area contributed by atoms with E-state index in [4.69, 9.17) is 6.42 Å². The van der Waals surface area contributed by atoms with Crippen molar-refractivity contribution in [2.24, 2.45) is 28.6 Å². The number of piperidine rings is 1. The van der Waals surface area contributed by atoms with Crippen molar-refractivity contribution in [2.45, 2.75) is 130 Å². The van der Waals surface area contributed by atoms with Crippen LogP contribution in [-0.2, 0) is 24.0 Å². The molecule has 0 bridgehead atoms. The number of carbonyl (C=O) groups is 6. The van der Waals surface area contributed by atoms with E-state index in [0.29, 0.717) is 13.0 Å². The van der Waals surface area contributed by atoms with Gasteiger partial charge in [0.05, 0.1) is 12.2 Å². The fourth-order valence-corrected chi connectivity index (χ4v) is 7.67. The van der Waals surface area contributed by atoms with E-state index in [1.807, 2.05) is 41.5 Å². The van der Waals surface area contributed by atoms with Gasteiger partial charge in [0, 0.05) is 31.4 Å². The molecule has 0 spiro atoms. The van der Waals surface area contributed by atoms with Crippen molar-refractivity contribution in [1.82, 2.24) is 36.1 Å². The summed E-state index contributed by atoms with van der Waals surface area (Å²) in [7, 11) is 0. The Morgan fingerprint density at radius 3 is 2.29 bits per heavy atom. The molecule has 0 radical (unpaired) electrons. The normalized spacial score (nSPS) is 23.3. The third-order valence-electron chi connectivity index (χ3n) is 11.1. The van der Waals surface area contributed by atoms with Gasteiger partial charge in [-0.2, -0.15) is 0 Å². The number of fused-ring (bicyclic) bond motifs is 1. The second-order valence-corrected chi connectivity index (χ2v) is 16.1. The van der Waals surface area contributed by atoms with Crippen molar-refractivity contribution >= 4 is 35.3 Å². The Bertz CT molecular complexity index is 1510. The van der Waals surface area contributed by atoms with Crippen LogP contribution in [0.2, 0.25) is 0 Å². The highest BCUT2D eigenvalue weighted by Gasteiger charge is 2.70. The van der Waals surface area contributed by atoms with Crippen LogP contribution in [0.4, 0.5) is 0 Å². The lowest BCUT2D eigenvalue weighted by Crippen LogP contribution is -2.63. The number of nitrogens with zero attached hydrogens (tertiary/aromatic N) is 3. The second-order valence-electron chi connectivity index (χ2n) is 16.1. The molecule has 4 N–H and O–H groups in total. The number of likely N-dealkylation sites (tertiary alicyclic amines) is 1. The molecule has 0 aromatic carbocycles. The molecule has 3 fully saturated rings. The maximum Gasteiger partial charge on any atom is 0.289 e. The molecule has 51 heavy (non-hydrogen) atoms. The summed E-state index contributed by atoms with van der Waals surface area (Å²) < 4.78 is 0. The second kappa shape index (κ2) is 16.3. The van der Waals surface area contributed by atoms with Crippen LogP contribution < -0.4 is 21.3 Å². The summed E-state index contributed by atoms with van der Waals surface area (Å²) in [6.07, 6.45) is 14.9. The van der Waals surface area contributed by atoms with Crippen molar-refractivity contribution in [2.75, 3.05) is 6.54 Å². The highest BCUT2D eigenvalue weighted by molar-refractivity contribution is 6.38. The standard InChI is InChI=1S/C38H55N7O6/c1-9-11-17-25(30(46)35(50)41-22(3)10-2)42-34(49)29-27-24(38(27,7)8)21-45(29)36(51)31(37(4,5)6)44-33(48)28(23-15-13-12-14-16-23)43-32(47)26-20-39-18-19-40-26/h1,18-20,22-25,27-29,31H,10-17,21H2,2-8H3,(H,41,50)(H,42,49)(H,43,47)(H,44,48)/t22?,24-,25?,27-,28-,29-,31+/m0/s1. The van der Waals surface area contributed by atoms with Gasteiger partial charge in [-0.15, -0.1) is 12.3 Å². The number of nitrogens with one attached hydrogen (secondary N) is 4. The lowest BCUT2D eigenvalue weighted by Gasteiger charge is -2.39. The minimum Gasteiger partial charge on any atom is -0.347 e. The maximum atomic E-state index is 14.6. The average Bonchev–Trinajstić information content (AvgIpc) is 3.40. The van der Waals surface area contributed by atoms with Gasteiger partial charge in [0.1, 0.15) is 23.8 Å².